The second kappa shape index (κ2) is 5.23. The highest BCUT2D eigenvalue weighted by molar-refractivity contribution is 5.96. The van der Waals surface area contributed by atoms with Crippen LogP contribution < -0.4 is 5.32 Å². The van der Waals surface area contributed by atoms with Crippen molar-refractivity contribution in [2.45, 2.75) is 13.3 Å². The third kappa shape index (κ3) is 2.04. The summed E-state index contributed by atoms with van der Waals surface area (Å²) >= 11 is 0. The zero-order valence-electron chi connectivity index (χ0n) is 12.5. The Balaban J connectivity index is 1.86. The minimum atomic E-state index is 0.847. The Kier molecular flexibility index (Phi) is 3.08. The highest BCUT2D eigenvalue weighted by Gasteiger charge is 2.13. The molecule has 0 fully saturated rings. The van der Waals surface area contributed by atoms with Crippen molar-refractivity contribution in [2.24, 2.45) is 0 Å². The summed E-state index contributed by atoms with van der Waals surface area (Å²) in [4.78, 5) is 0. The molecule has 0 radical (unpaired) electrons. The fraction of sp³-hybridized carbons (Fsp3) is 0.100. The van der Waals surface area contributed by atoms with Crippen LogP contribution in [0.25, 0.3) is 21.7 Å². The molecule has 0 saturated carbocycles. The van der Waals surface area contributed by atoms with Crippen molar-refractivity contribution < 1.29 is 4.42 Å². The number of anilines is 2. The van der Waals surface area contributed by atoms with Crippen LogP contribution >= 0.6 is 0 Å². The van der Waals surface area contributed by atoms with Crippen LogP contribution in [0.3, 0.4) is 0 Å². The number of rotatable bonds is 3. The zero-order chi connectivity index (χ0) is 14.9. The molecule has 2 nitrogen and oxygen atoms in total. The van der Waals surface area contributed by atoms with E-state index in [9.17, 15) is 0 Å². The largest absolute Gasteiger partial charge is 0.440 e. The van der Waals surface area contributed by atoms with Gasteiger partial charge in [0.15, 0.2) is 0 Å². The van der Waals surface area contributed by atoms with Gasteiger partial charge in [-0.25, -0.2) is 0 Å². The Bertz CT molecular complexity index is 947. The molecule has 3 aromatic carbocycles. The second-order valence-electron chi connectivity index (χ2n) is 5.41. The van der Waals surface area contributed by atoms with Crippen molar-refractivity contribution >= 4 is 33.3 Å². The molecule has 0 saturated heterocycles. The Hall–Kier alpha value is -2.74. The van der Waals surface area contributed by atoms with Gasteiger partial charge in [-0.1, -0.05) is 61.5 Å². The topological polar surface area (TPSA) is 25.2 Å². The van der Waals surface area contributed by atoms with Gasteiger partial charge in [0.05, 0.1) is 0 Å². The van der Waals surface area contributed by atoms with E-state index in [4.69, 9.17) is 4.42 Å². The molecule has 0 bridgehead atoms. The predicted octanol–water partition coefficient (Wildman–Crippen LogP) is 5.89. The highest BCUT2D eigenvalue weighted by Crippen LogP contribution is 2.34. The molecule has 1 heterocycles. The SMILES string of the molecule is CCc1c(Nc2cccc3ccccc23)oc2ccccc12. The maximum Gasteiger partial charge on any atom is 0.201 e. The van der Waals surface area contributed by atoms with Crippen LogP contribution in [-0.4, -0.2) is 0 Å². The standard InChI is InChI=1S/C20H17NO/c1-2-15-17-11-5-6-13-19(17)22-20(15)21-18-12-7-9-14-8-3-4-10-16(14)18/h3-13,21H,2H2,1H3. The smallest absolute Gasteiger partial charge is 0.201 e. The molecule has 0 unspecified atom stereocenters. The average molecular weight is 287 g/mol. The number of hydrogen-bond acceptors (Lipinski definition) is 2. The number of furan rings is 1. The summed E-state index contributed by atoms with van der Waals surface area (Å²) in [6.07, 6.45) is 0.935. The summed E-state index contributed by atoms with van der Waals surface area (Å²) in [5, 5.41) is 7.10. The van der Waals surface area contributed by atoms with Gasteiger partial charge in [-0.3, -0.25) is 0 Å². The Labute approximate surface area is 129 Å². The Morgan fingerprint density at radius 2 is 1.55 bits per heavy atom. The van der Waals surface area contributed by atoms with E-state index in [2.05, 4.69) is 66.8 Å². The molecule has 4 aromatic rings. The minimum Gasteiger partial charge on any atom is -0.440 e. The molecule has 108 valence electrons. The van der Waals surface area contributed by atoms with Gasteiger partial charge in [-0.15, -0.1) is 0 Å². The van der Waals surface area contributed by atoms with Crippen LogP contribution in [0.5, 0.6) is 0 Å². The van der Waals surface area contributed by atoms with E-state index < -0.39 is 0 Å². The second-order valence-corrected chi connectivity index (χ2v) is 5.41. The number of fused-ring (bicyclic) bond motifs is 2. The first-order chi connectivity index (χ1) is 10.9. The van der Waals surface area contributed by atoms with Crippen molar-refractivity contribution in [2.75, 3.05) is 5.32 Å². The van der Waals surface area contributed by atoms with Gasteiger partial charge in [-0.05, 0) is 23.9 Å². The number of benzene rings is 3. The van der Waals surface area contributed by atoms with Crippen molar-refractivity contribution in [3.8, 4) is 0 Å². The van der Waals surface area contributed by atoms with Gasteiger partial charge < -0.3 is 9.73 Å². The number of para-hydroxylation sites is 1. The summed E-state index contributed by atoms with van der Waals surface area (Å²) in [6, 6.07) is 22.9. The zero-order valence-corrected chi connectivity index (χ0v) is 12.5. The predicted molar refractivity (Wildman–Crippen MR) is 92.8 cm³/mol. The molecule has 0 atom stereocenters. The van der Waals surface area contributed by atoms with Crippen LogP contribution in [0.2, 0.25) is 0 Å². The summed E-state index contributed by atoms with van der Waals surface area (Å²) < 4.78 is 6.03. The molecule has 0 aliphatic heterocycles. The average Bonchev–Trinajstić information content (AvgIpc) is 2.92. The maximum absolute atomic E-state index is 6.03. The summed E-state index contributed by atoms with van der Waals surface area (Å²) in [5.74, 6) is 0.847. The van der Waals surface area contributed by atoms with E-state index in [1.165, 1.54) is 21.7 Å². The van der Waals surface area contributed by atoms with Crippen LogP contribution in [0.1, 0.15) is 12.5 Å². The molecule has 4 rings (SSSR count). The lowest BCUT2D eigenvalue weighted by atomic mass is 10.1. The normalized spacial score (nSPS) is 11.1. The molecular weight excluding hydrogens is 270 g/mol. The number of aryl methyl sites for hydroxylation is 1. The first-order valence-electron chi connectivity index (χ1n) is 7.62. The third-order valence-electron chi connectivity index (χ3n) is 4.09. The molecule has 0 aliphatic carbocycles. The van der Waals surface area contributed by atoms with Crippen LogP contribution in [0, 0.1) is 0 Å². The lowest BCUT2D eigenvalue weighted by molar-refractivity contribution is 0.630. The number of nitrogens with one attached hydrogen (secondary N) is 1. The molecular formula is C20H17NO. The molecule has 0 aliphatic rings. The van der Waals surface area contributed by atoms with E-state index in [-0.39, 0.29) is 0 Å². The molecule has 0 spiro atoms. The fourth-order valence-corrected chi connectivity index (χ4v) is 3.01. The fourth-order valence-electron chi connectivity index (χ4n) is 3.01. The van der Waals surface area contributed by atoms with Gasteiger partial charge in [0, 0.05) is 22.0 Å². The lowest BCUT2D eigenvalue weighted by Crippen LogP contribution is -1.93. The molecule has 2 heteroatoms. The van der Waals surface area contributed by atoms with Gasteiger partial charge >= 0.3 is 0 Å². The Morgan fingerprint density at radius 3 is 2.41 bits per heavy atom. The summed E-state index contributed by atoms with van der Waals surface area (Å²) in [5.41, 5.74) is 3.23. The van der Waals surface area contributed by atoms with Gasteiger partial charge in [0.2, 0.25) is 5.88 Å². The van der Waals surface area contributed by atoms with E-state index >= 15 is 0 Å². The van der Waals surface area contributed by atoms with Crippen molar-refractivity contribution in [1.82, 2.24) is 0 Å². The lowest BCUT2D eigenvalue weighted by Gasteiger charge is -2.08. The monoisotopic (exact) mass is 287 g/mol. The van der Waals surface area contributed by atoms with Crippen molar-refractivity contribution in [1.29, 1.82) is 0 Å². The van der Waals surface area contributed by atoms with Gasteiger partial charge in [0.25, 0.3) is 0 Å². The van der Waals surface area contributed by atoms with Crippen LogP contribution in [0.15, 0.2) is 71.1 Å². The Morgan fingerprint density at radius 1 is 0.818 bits per heavy atom. The quantitative estimate of drug-likeness (QED) is 0.508. The van der Waals surface area contributed by atoms with E-state index in [1.807, 2.05) is 12.1 Å². The van der Waals surface area contributed by atoms with Crippen LogP contribution in [-0.2, 0) is 6.42 Å². The first-order valence-corrected chi connectivity index (χ1v) is 7.62. The molecule has 0 amide bonds. The van der Waals surface area contributed by atoms with Crippen molar-refractivity contribution in [3.63, 3.8) is 0 Å². The summed E-state index contributed by atoms with van der Waals surface area (Å²) in [6.45, 7) is 2.16. The van der Waals surface area contributed by atoms with Crippen LogP contribution in [0.4, 0.5) is 11.6 Å². The summed E-state index contributed by atoms with van der Waals surface area (Å²) in [7, 11) is 0. The minimum absolute atomic E-state index is 0.847. The van der Waals surface area contributed by atoms with Gasteiger partial charge in [0.1, 0.15) is 5.58 Å². The first kappa shape index (κ1) is 13.0. The highest BCUT2D eigenvalue weighted by atomic mass is 16.3. The van der Waals surface area contributed by atoms with Crippen molar-refractivity contribution in [3.05, 3.63) is 72.3 Å². The van der Waals surface area contributed by atoms with E-state index in [0.717, 1.165) is 23.6 Å². The van der Waals surface area contributed by atoms with E-state index in [0.29, 0.717) is 0 Å². The molecule has 1 N–H and O–H groups in total. The van der Waals surface area contributed by atoms with E-state index in [1.54, 1.807) is 0 Å². The van der Waals surface area contributed by atoms with Gasteiger partial charge in [-0.2, -0.15) is 0 Å². The maximum atomic E-state index is 6.03. The number of hydrogen-bond donors (Lipinski definition) is 1. The third-order valence-corrected chi connectivity index (χ3v) is 4.09. The molecule has 1 aromatic heterocycles. The molecule has 22 heavy (non-hydrogen) atoms.